The quantitative estimate of drug-likeness (QED) is 0.735. The molecule has 14 heavy (non-hydrogen) atoms. The van der Waals surface area contributed by atoms with Crippen LogP contribution >= 0.6 is 0 Å². The van der Waals surface area contributed by atoms with Gasteiger partial charge in [0.05, 0.1) is 18.8 Å². The molecule has 0 aliphatic heterocycles. The Morgan fingerprint density at radius 3 is 2.71 bits per heavy atom. The van der Waals surface area contributed by atoms with Crippen molar-refractivity contribution in [3.63, 3.8) is 0 Å². The van der Waals surface area contributed by atoms with Crippen LogP contribution in [0.4, 0.5) is 4.39 Å². The van der Waals surface area contributed by atoms with Crippen molar-refractivity contribution in [2.24, 2.45) is 0 Å². The predicted molar refractivity (Wildman–Crippen MR) is 48.4 cm³/mol. The number of carbonyl (C=O) groups is 1. The maximum absolute atomic E-state index is 13.5. The van der Waals surface area contributed by atoms with Crippen molar-refractivity contribution < 1.29 is 19.0 Å². The second-order valence-electron chi connectivity index (χ2n) is 2.88. The molecule has 1 unspecified atom stereocenters. The zero-order valence-electron chi connectivity index (χ0n) is 7.95. The third-order valence-electron chi connectivity index (χ3n) is 1.88. The lowest BCUT2D eigenvalue weighted by Gasteiger charge is -2.08. The average molecular weight is 198 g/mol. The summed E-state index contributed by atoms with van der Waals surface area (Å²) in [4.78, 5) is 11.1. The highest BCUT2D eigenvalue weighted by Crippen LogP contribution is 2.19. The van der Waals surface area contributed by atoms with E-state index in [-0.39, 0.29) is 11.1 Å². The fraction of sp³-hybridized carbons (Fsp3) is 0.300. The number of hydrogen-bond acceptors (Lipinski definition) is 3. The molecule has 0 radical (unpaired) electrons. The van der Waals surface area contributed by atoms with Crippen molar-refractivity contribution in [1.29, 1.82) is 0 Å². The lowest BCUT2D eigenvalue weighted by molar-refractivity contribution is 0.0594. The first kappa shape index (κ1) is 10.7. The minimum absolute atomic E-state index is 0.0906. The van der Waals surface area contributed by atoms with E-state index < -0.39 is 17.9 Å². The Morgan fingerprint density at radius 1 is 1.57 bits per heavy atom. The Balaban J connectivity index is 3.20. The molecule has 4 heteroatoms. The van der Waals surface area contributed by atoms with Gasteiger partial charge in [-0.05, 0) is 13.0 Å². The number of rotatable bonds is 2. The lowest BCUT2D eigenvalue weighted by atomic mass is 10.1. The van der Waals surface area contributed by atoms with Crippen LogP contribution in [0.5, 0.6) is 0 Å². The van der Waals surface area contributed by atoms with Gasteiger partial charge >= 0.3 is 5.97 Å². The number of benzene rings is 1. The van der Waals surface area contributed by atoms with E-state index in [0.29, 0.717) is 0 Å². The molecule has 0 heterocycles. The third kappa shape index (κ3) is 1.90. The highest BCUT2D eigenvalue weighted by molar-refractivity contribution is 5.89. The Bertz CT molecular complexity index is 347. The maximum atomic E-state index is 13.5. The summed E-state index contributed by atoms with van der Waals surface area (Å²) in [6.07, 6.45) is -0.945. The number of halogens is 1. The molecule has 0 amide bonds. The summed E-state index contributed by atoms with van der Waals surface area (Å²) in [5.74, 6) is -1.47. The number of aliphatic hydroxyl groups is 1. The molecule has 0 aromatic heterocycles. The number of carbonyl (C=O) groups excluding carboxylic acids is 1. The van der Waals surface area contributed by atoms with Gasteiger partial charge < -0.3 is 9.84 Å². The SMILES string of the molecule is COC(=O)c1cccc(C(C)O)c1F. The Morgan fingerprint density at radius 2 is 2.21 bits per heavy atom. The van der Waals surface area contributed by atoms with E-state index in [9.17, 15) is 14.3 Å². The van der Waals surface area contributed by atoms with Gasteiger partial charge in [0.2, 0.25) is 0 Å². The second kappa shape index (κ2) is 4.19. The van der Waals surface area contributed by atoms with Gasteiger partial charge in [0.15, 0.2) is 0 Å². The van der Waals surface area contributed by atoms with E-state index in [0.717, 1.165) is 0 Å². The summed E-state index contributed by atoms with van der Waals surface area (Å²) in [5, 5.41) is 9.19. The fourth-order valence-electron chi connectivity index (χ4n) is 1.14. The van der Waals surface area contributed by atoms with Crippen LogP contribution in [0.25, 0.3) is 0 Å². The van der Waals surface area contributed by atoms with Crippen LogP contribution in [0.3, 0.4) is 0 Å². The standard InChI is InChI=1S/C10H11FO3/c1-6(12)7-4-3-5-8(9(7)11)10(13)14-2/h3-6,12H,1-2H3. The molecule has 0 saturated carbocycles. The number of methoxy groups -OCH3 is 1. The molecule has 0 saturated heterocycles. The predicted octanol–water partition coefficient (Wildman–Crippen LogP) is 1.67. The Hall–Kier alpha value is -1.42. The van der Waals surface area contributed by atoms with E-state index in [2.05, 4.69) is 4.74 Å². The Labute approximate surface area is 81.1 Å². The topological polar surface area (TPSA) is 46.5 Å². The van der Waals surface area contributed by atoms with Crippen LogP contribution < -0.4 is 0 Å². The number of aliphatic hydroxyl groups excluding tert-OH is 1. The van der Waals surface area contributed by atoms with Crippen molar-refractivity contribution in [2.45, 2.75) is 13.0 Å². The molecule has 3 nitrogen and oxygen atoms in total. The zero-order chi connectivity index (χ0) is 10.7. The van der Waals surface area contributed by atoms with Gasteiger partial charge in [0, 0.05) is 5.56 Å². The van der Waals surface area contributed by atoms with E-state index >= 15 is 0 Å². The van der Waals surface area contributed by atoms with Crippen LogP contribution in [0.2, 0.25) is 0 Å². The van der Waals surface area contributed by atoms with E-state index in [1.54, 1.807) is 0 Å². The third-order valence-corrected chi connectivity index (χ3v) is 1.88. The highest BCUT2D eigenvalue weighted by Gasteiger charge is 2.17. The average Bonchev–Trinajstić information content (AvgIpc) is 2.16. The van der Waals surface area contributed by atoms with Crippen LogP contribution in [-0.4, -0.2) is 18.2 Å². The van der Waals surface area contributed by atoms with Crippen molar-refractivity contribution in [3.8, 4) is 0 Å². The molecule has 1 aromatic rings. The van der Waals surface area contributed by atoms with E-state index in [4.69, 9.17) is 0 Å². The summed E-state index contributed by atoms with van der Waals surface area (Å²) in [6.45, 7) is 1.43. The molecule has 0 aliphatic carbocycles. The highest BCUT2D eigenvalue weighted by atomic mass is 19.1. The van der Waals surface area contributed by atoms with Gasteiger partial charge in [-0.2, -0.15) is 0 Å². The molecular weight excluding hydrogens is 187 g/mol. The molecule has 1 N–H and O–H groups in total. The number of hydrogen-bond donors (Lipinski definition) is 1. The van der Waals surface area contributed by atoms with Gasteiger partial charge in [-0.3, -0.25) is 0 Å². The van der Waals surface area contributed by atoms with Crippen LogP contribution in [0.15, 0.2) is 18.2 Å². The van der Waals surface area contributed by atoms with Crippen LogP contribution in [-0.2, 0) is 4.74 Å². The van der Waals surface area contributed by atoms with Gasteiger partial charge in [0.25, 0.3) is 0 Å². The molecule has 0 aliphatic rings. The first-order valence-electron chi connectivity index (χ1n) is 4.12. The molecule has 1 aromatic carbocycles. The first-order chi connectivity index (χ1) is 6.57. The molecule has 1 rings (SSSR count). The minimum Gasteiger partial charge on any atom is -0.465 e. The lowest BCUT2D eigenvalue weighted by Crippen LogP contribution is -2.07. The van der Waals surface area contributed by atoms with E-state index in [1.807, 2.05) is 0 Å². The molecule has 0 bridgehead atoms. The number of esters is 1. The van der Waals surface area contributed by atoms with Crippen LogP contribution in [0.1, 0.15) is 28.9 Å². The van der Waals surface area contributed by atoms with Crippen molar-refractivity contribution in [1.82, 2.24) is 0 Å². The minimum atomic E-state index is -0.945. The molecule has 0 fully saturated rings. The monoisotopic (exact) mass is 198 g/mol. The summed E-state index contributed by atoms with van der Waals surface area (Å²) in [6, 6.07) is 4.23. The molecular formula is C10H11FO3. The van der Waals surface area contributed by atoms with Gasteiger partial charge in [-0.15, -0.1) is 0 Å². The number of ether oxygens (including phenoxy) is 1. The Kier molecular flexibility index (Phi) is 3.19. The van der Waals surface area contributed by atoms with Crippen molar-refractivity contribution >= 4 is 5.97 Å². The maximum Gasteiger partial charge on any atom is 0.340 e. The van der Waals surface area contributed by atoms with E-state index in [1.165, 1.54) is 32.2 Å². The summed E-state index contributed by atoms with van der Waals surface area (Å²) in [5.41, 5.74) is -0.0706. The zero-order valence-corrected chi connectivity index (χ0v) is 7.95. The summed E-state index contributed by atoms with van der Waals surface area (Å²) in [7, 11) is 1.18. The van der Waals surface area contributed by atoms with Gasteiger partial charge in [-0.1, -0.05) is 12.1 Å². The van der Waals surface area contributed by atoms with Gasteiger partial charge in [-0.25, -0.2) is 9.18 Å². The summed E-state index contributed by atoms with van der Waals surface area (Å²) < 4.78 is 17.9. The summed E-state index contributed by atoms with van der Waals surface area (Å²) >= 11 is 0. The smallest absolute Gasteiger partial charge is 0.340 e. The first-order valence-corrected chi connectivity index (χ1v) is 4.12. The van der Waals surface area contributed by atoms with Gasteiger partial charge in [0.1, 0.15) is 5.82 Å². The fourth-order valence-corrected chi connectivity index (χ4v) is 1.14. The molecule has 0 spiro atoms. The molecule has 1 atom stereocenters. The molecule has 76 valence electrons. The van der Waals surface area contributed by atoms with Crippen LogP contribution in [0, 0.1) is 5.82 Å². The van der Waals surface area contributed by atoms with Crippen molar-refractivity contribution in [3.05, 3.63) is 35.1 Å². The second-order valence-corrected chi connectivity index (χ2v) is 2.88. The largest absolute Gasteiger partial charge is 0.465 e. The normalized spacial score (nSPS) is 12.3. The van der Waals surface area contributed by atoms with Crippen molar-refractivity contribution in [2.75, 3.05) is 7.11 Å².